The Kier molecular flexibility index (Phi) is 6.57. The molecule has 5 nitrogen and oxygen atoms in total. The second-order valence-electron chi connectivity index (χ2n) is 3.75. The number of aliphatic hydroxyl groups is 1. The van der Waals surface area contributed by atoms with E-state index in [-0.39, 0.29) is 12.5 Å². The van der Waals surface area contributed by atoms with Crippen LogP contribution in [0.3, 0.4) is 0 Å². The molecule has 1 atom stereocenters. The third-order valence-electron chi connectivity index (χ3n) is 2.54. The van der Waals surface area contributed by atoms with Crippen LogP contribution >= 0.6 is 11.8 Å². The summed E-state index contributed by atoms with van der Waals surface area (Å²) in [6.07, 6.45) is 3.25. The highest BCUT2D eigenvalue weighted by molar-refractivity contribution is 8.04. The van der Waals surface area contributed by atoms with Crippen LogP contribution in [-0.2, 0) is 14.3 Å². The minimum Gasteiger partial charge on any atom is -0.394 e. The van der Waals surface area contributed by atoms with E-state index in [2.05, 4.69) is 0 Å². The highest BCUT2D eigenvalue weighted by Gasteiger charge is 2.37. The van der Waals surface area contributed by atoms with Crippen molar-refractivity contribution in [1.82, 2.24) is 0 Å². The van der Waals surface area contributed by atoms with Gasteiger partial charge < -0.3 is 20.3 Å². The average Bonchev–Trinajstić information content (AvgIpc) is 2.78. The minimum atomic E-state index is -0.522. The minimum absolute atomic E-state index is 0.0209. The zero-order valence-corrected chi connectivity index (χ0v) is 10.6. The molecule has 0 saturated heterocycles. The molecule has 1 unspecified atom stereocenters. The number of aliphatic hydroxyl groups excluding tert-OH is 1. The van der Waals surface area contributed by atoms with Gasteiger partial charge in [0, 0.05) is 6.61 Å². The Bertz CT molecular complexity index is 262. The molecule has 0 aromatic carbocycles. The molecule has 0 bridgehead atoms. The van der Waals surface area contributed by atoms with E-state index >= 15 is 0 Å². The van der Waals surface area contributed by atoms with Crippen LogP contribution in [0.2, 0.25) is 0 Å². The maximum absolute atomic E-state index is 11.4. The molecule has 1 heterocycles. The highest BCUT2D eigenvalue weighted by Crippen LogP contribution is 2.39. The first kappa shape index (κ1) is 14.5. The highest BCUT2D eigenvalue weighted by atomic mass is 32.2. The van der Waals surface area contributed by atoms with Crippen molar-refractivity contribution >= 4 is 17.7 Å². The Hall–Kier alpha value is -0.560. The molecular formula is C11H19NO4S. The first-order valence-corrected chi connectivity index (χ1v) is 6.48. The van der Waals surface area contributed by atoms with Crippen LogP contribution in [0.4, 0.5) is 0 Å². The first-order chi connectivity index (χ1) is 8.21. The number of hydrogen-bond donors (Lipinski definition) is 2. The lowest BCUT2D eigenvalue weighted by molar-refractivity contribution is -0.120. The maximum Gasteiger partial charge on any atom is 0.234 e. The molecule has 6 heteroatoms. The standard InChI is InChI=1S/C11H19NO4S/c12-10(14)11(2-1-9-17-11)3-5-15-7-8-16-6-4-13/h1,9,13H,2-8H2,(H2,12,14). The van der Waals surface area contributed by atoms with Gasteiger partial charge in [-0.3, -0.25) is 4.79 Å². The molecule has 1 amide bonds. The van der Waals surface area contributed by atoms with Crippen LogP contribution in [0, 0.1) is 0 Å². The molecule has 1 rings (SSSR count). The summed E-state index contributed by atoms with van der Waals surface area (Å²) >= 11 is 1.47. The van der Waals surface area contributed by atoms with Crippen LogP contribution < -0.4 is 5.73 Å². The molecular weight excluding hydrogens is 242 g/mol. The average molecular weight is 261 g/mol. The molecule has 3 N–H and O–H groups in total. The largest absolute Gasteiger partial charge is 0.394 e. The molecule has 0 aliphatic carbocycles. The number of primary amides is 1. The Balaban J connectivity index is 2.10. The van der Waals surface area contributed by atoms with Gasteiger partial charge in [0.2, 0.25) is 5.91 Å². The monoisotopic (exact) mass is 261 g/mol. The Morgan fingerprint density at radius 2 is 2.06 bits per heavy atom. The van der Waals surface area contributed by atoms with E-state index < -0.39 is 4.75 Å². The Labute approximate surface area is 105 Å². The summed E-state index contributed by atoms with van der Waals surface area (Å²) < 4.78 is 9.88. The number of carbonyl (C=O) groups excluding carboxylic acids is 1. The van der Waals surface area contributed by atoms with Gasteiger partial charge >= 0.3 is 0 Å². The van der Waals surface area contributed by atoms with Gasteiger partial charge in [-0.2, -0.15) is 0 Å². The molecule has 0 aromatic heterocycles. The summed E-state index contributed by atoms with van der Waals surface area (Å²) in [5.74, 6) is -0.285. The number of ether oxygens (including phenoxy) is 2. The van der Waals surface area contributed by atoms with Crippen molar-refractivity contribution < 1.29 is 19.4 Å². The summed E-state index contributed by atoms with van der Waals surface area (Å²) in [6, 6.07) is 0. The van der Waals surface area contributed by atoms with E-state index in [0.29, 0.717) is 39.3 Å². The quantitative estimate of drug-likeness (QED) is 0.582. The summed E-state index contributed by atoms with van der Waals surface area (Å²) in [7, 11) is 0. The van der Waals surface area contributed by atoms with E-state index in [9.17, 15) is 4.79 Å². The molecule has 0 spiro atoms. The number of amides is 1. The number of hydrogen-bond acceptors (Lipinski definition) is 5. The number of rotatable bonds is 9. The van der Waals surface area contributed by atoms with Gasteiger partial charge in [0.1, 0.15) is 4.75 Å². The van der Waals surface area contributed by atoms with Gasteiger partial charge in [-0.25, -0.2) is 0 Å². The Morgan fingerprint density at radius 1 is 1.35 bits per heavy atom. The van der Waals surface area contributed by atoms with E-state index in [1.807, 2.05) is 11.5 Å². The molecule has 98 valence electrons. The van der Waals surface area contributed by atoms with Crippen molar-refractivity contribution in [2.24, 2.45) is 5.73 Å². The van der Waals surface area contributed by atoms with Crippen molar-refractivity contribution in [2.75, 3.05) is 33.0 Å². The third-order valence-corrected chi connectivity index (χ3v) is 3.90. The maximum atomic E-state index is 11.4. The second kappa shape index (κ2) is 7.71. The van der Waals surface area contributed by atoms with E-state index in [1.165, 1.54) is 11.8 Å². The predicted octanol–water partition coefficient (Wildman–Crippen LogP) is 0.277. The lowest BCUT2D eigenvalue weighted by atomic mass is 10.0. The van der Waals surface area contributed by atoms with Gasteiger partial charge in [-0.1, -0.05) is 6.08 Å². The van der Waals surface area contributed by atoms with Crippen molar-refractivity contribution in [3.63, 3.8) is 0 Å². The molecule has 1 aliphatic rings. The number of thioether (sulfide) groups is 1. The van der Waals surface area contributed by atoms with Crippen molar-refractivity contribution in [2.45, 2.75) is 17.6 Å². The SMILES string of the molecule is NC(=O)C1(CCOCCOCCO)CC=CS1. The molecule has 0 radical (unpaired) electrons. The molecule has 0 fully saturated rings. The Morgan fingerprint density at radius 3 is 2.59 bits per heavy atom. The van der Waals surface area contributed by atoms with Gasteiger partial charge in [0.25, 0.3) is 0 Å². The van der Waals surface area contributed by atoms with Crippen LogP contribution in [0.25, 0.3) is 0 Å². The second-order valence-corrected chi connectivity index (χ2v) is 5.04. The van der Waals surface area contributed by atoms with Gasteiger partial charge in [-0.15, -0.1) is 11.8 Å². The fourth-order valence-electron chi connectivity index (χ4n) is 1.53. The van der Waals surface area contributed by atoms with Gasteiger partial charge in [-0.05, 0) is 18.2 Å². The number of carbonyl (C=O) groups is 1. The zero-order valence-electron chi connectivity index (χ0n) is 9.76. The lowest BCUT2D eigenvalue weighted by Gasteiger charge is -2.23. The van der Waals surface area contributed by atoms with Crippen molar-refractivity contribution in [1.29, 1.82) is 0 Å². The van der Waals surface area contributed by atoms with E-state index in [1.54, 1.807) is 0 Å². The molecule has 0 saturated carbocycles. The number of allylic oxidation sites excluding steroid dienone is 1. The van der Waals surface area contributed by atoms with Gasteiger partial charge in [0.05, 0.1) is 26.4 Å². The van der Waals surface area contributed by atoms with E-state index in [4.69, 9.17) is 20.3 Å². The normalized spacial score (nSPS) is 23.1. The van der Waals surface area contributed by atoms with Crippen LogP contribution in [0.15, 0.2) is 11.5 Å². The summed E-state index contributed by atoms with van der Waals surface area (Å²) in [5, 5.41) is 10.4. The van der Waals surface area contributed by atoms with E-state index in [0.717, 1.165) is 0 Å². The summed E-state index contributed by atoms with van der Waals surface area (Å²) in [5.41, 5.74) is 5.41. The summed E-state index contributed by atoms with van der Waals surface area (Å²) in [4.78, 5) is 11.4. The lowest BCUT2D eigenvalue weighted by Crippen LogP contribution is -2.40. The molecule has 1 aliphatic heterocycles. The molecule has 17 heavy (non-hydrogen) atoms. The fourth-order valence-corrected chi connectivity index (χ4v) is 2.49. The fraction of sp³-hybridized carbons (Fsp3) is 0.727. The molecule has 0 aromatic rings. The smallest absolute Gasteiger partial charge is 0.234 e. The van der Waals surface area contributed by atoms with Gasteiger partial charge in [0.15, 0.2) is 0 Å². The van der Waals surface area contributed by atoms with Crippen molar-refractivity contribution in [3.05, 3.63) is 11.5 Å². The van der Waals surface area contributed by atoms with Crippen LogP contribution in [0.1, 0.15) is 12.8 Å². The third kappa shape index (κ3) is 4.67. The van der Waals surface area contributed by atoms with Crippen molar-refractivity contribution in [3.8, 4) is 0 Å². The first-order valence-electron chi connectivity index (χ1n) is 5.60. The zero-order chi connectivity index (χ0) is 12.6. The summed E-state index contributed by atoms with van der Waals surface area (Å²) in [6.45, 7) is 1.75. The number of nitrogens with two attached hydrogens (primary N) is 1. The topological polar surface area (TPSA) is 81.8 Å². The predicted molar refractivity (Wildman–Crippen MR) is 66.6 cm³/mol. The van der Waals surface area contributed by atoms with Crippen LogP contribution in [0.5, 0.6) is 0 Å². The van der Waals surface area contributed by atoms with Crippen LogP contribution in [-0.4, -0.2) is 48.8 Å².